The van der Waals surface area contributed by atoms with E-state index in [9.17, 15) is 4.79 Å². The number of halogens is 1. The minimum Gasteiger partial charge on any atom is -0.378 e. The molecule has 0 radical (unpaired) electrons. The molecule has 3 nitrogen and oxygen atoms in total. The van der Waals surface area contributed by atoms with Crippen molar-refractivity contribution in [1.29, 1.82) is 0 Å². The maximum atomic E-state index is 11.6. The Balaban J connectivity index is 1.96. The Kier molecular flexibility index (Phi) is 7.86. The summed E-state index contributed by atoms with van der Waals surface area (Å²) >= 11 is 3.50. The third-order valence-electron chi connectivity index (χ3n) is 3.07. The maximum absolute atomic E-state index is 11.6. The van der Waals surface area contributed by atoms with Crippen LogP contribution in [0.4, 0.5) is 0 Å². The largest absolute Gasteiger partial charge is 0.378 e. The molecule has 2 unspecified atom stereocenters. The van der Waals surface area contributed by atoms with Crippen molar-refractivity contribution in [2.24, 2.45) is 0 Å². The smallest absolute Gasteiger partial charge is 0.220 e. The standard InChI is InChI=1S/C13H24BrNO2/c1-11(14)5-4-9-15-13(16)8-7-12-6-2-3-10-17-12/h11-12H,2-10H2,1H3,(H,15,16). The topological polar surface area (TPSA) is 38.3 Å². The lowest BCUT2D eigenvalue weighted by molar-refractivity contribution is -0.122. The van der Waals surface area contributed by atoms with Gasteiger partial charge < -0.3 is 10.1 Å². The van der Waals surface area contributed by atoms with Crippen molar-refractivity contribution in [1.82, 2.24) is 5.32 Å². The molecule has 4 heteroatoms. The van der Waals surface area contributed by atoms with E-state index in [0.717, 1.165) is 38.8 Å². The van der Waals surface area contributed by atoms with E-state index in [2.05, 4.69) is 28.2 Å². The van der Waals surface area contributed by atoms with Crippen LogP contribution in [0.3, 0.4) is 0 Å². The van der Waals surface area contributed by atoms with Crippen LogP contribution in [-0.4, -0.2) is 30.0 Å². The van der Waals surface area contributed by atoms with E-state index in [4.69, 9.17) is 4.74 Å². The van der Waals surface area contributed by atoms with Gasteiger partial charge in [0.15, 0.2) is 0 Å². The van der Waals surface area contributed by atoms with Gasteiger partial charge in [0, 0.05) is 24.4 Å². The Morgan fingerprint density at radius 1 is 1.53 bits per heavy atom. The molecule has 1 aliphatic heterocycles. The molecule has 17 heavy (non-hydrogen) atoms. The van der Waals surface area contributed by atoms with Gasteiger partial charge >= 0.3 is 0 Å². The Bertz CT molecular complexity index is 215. The zero-order valence-corrected chi connectivity index (χ0v) is 12.3. The molecular weight excluding hydrogens is 282 g/mol. The van der Waals surface area contributed by atoms with Gasteiger partial charge in [0.2, 0.25) is 5.91 Å². The van der Waals surface area contributed by atoms with Crippen molar-refractivity contribution < 1.29 is 9.53 Å². The Hall–Kier alpha value is -0.0900. The SMILES string of the molecule is CC(Br)CCCNC(=O)CCC1CCCCO1. The summed E-state index contributed by atoms with van der Waals surface area (Å²) in [5.74, 6) is 0.168. The van der Waals surface area contributed by atoms with Gasteiger partial charge in [-0.05, 0) is 38.5 Å². The predicted molar refractivity (Wildman–Crippen MR) is 73.5 cm³/mol. The molecular formula is C13H24BrNO2. The van der Waals surface area contributed by atoms with Crippen LogP contribution >= 0.6 is 15.9 Å². The highest BCUT2D eigenvalue weighted by atomic mass is 79.9. The second kappa shape index (κ2) is 8.92. The fourth-order valence-electron chi connectivity index (χ4n) is 2.03. The molecule has 0 saturated carbocycles. The number of hydrogen-bond acceptors (Lipinski definition) is 2. The second-order valence-corrected chi connectivity index (χ2v) is 6.36. The van der Waals surface area contributed by atoms with Crippen LogP contribution in [0.25, 0.3) is 0 Å². The fraction of sp³-hybridized carbons (Fsp3) is 0.923. The number of carbonyl (C=O) groups is 1. The number of nitrogens with one attached hydrogen (secondary N) is 1. The first-order valence-corrected chi connectivity index (χ1v) is 7.62. The molecule has 1 amide bonds. The Morgan fingerprint density at radius 3 is 3.00 bits per heavy atom. The van der Waals surface area contributed by atoms with E-state index in [0.29, 0.717) is 17.4 Å². The molecule has 2 atom stereocenters. The average molecular weight is 306 g/mol. The summed E-state index contributed by atoms with van der Waals surface area (Å²) in [6.45, 7) is 3.79. The first-order chi connectivity index (χ1) is 8.18. The maximum Gasteiger partial charge on any atom is 0.220 e. The Labute approximate surface area is 113 Å². The highest BCUT2D eigenvalue weighted by Gasteiger charge is 2.14. The van der Waals surface area contributed by atoms with E-state index in [-0.39, 0.29) is 5.91 Å². The number of carbonyl (C=O) groups excluding carboxylic acids is 1. The first kappa shape index (κ1) is 15.0. The van der Waals surface area contributed by atoms with E-state index in [1.165, 1.54) is 12.8 Å². The van der Waals surface area contributed by atoms with Crippen LogP contribution in [0.15, 0.2) is 0 Å². The lowest BCUT2D eigenvalue weighted by atomic mass is 10.0. The van der Waals surface area contributed by atoms with E-state index < -0.39 is 0 Å². The minimum atomic E-state index is 0.168. The highest BCUT2D eigenvalue weighted by molar-refractivity contribution is 9.09. The molecule has 0 aromatic heterocycles. The van der Waals surface area contributed by atoms with Crippen molar-refractivity contribution in [3.8, 4) is 0 Å². The van der Waals surface area contributed by atoms with Crippen LogP contribution in [-0.2, 0) is 9.53 Å². The van der Waals surface area contributed by atoms with Crippen molar-refractivity contribution in [2.75, 3.05) is 13.2 Å². The van der Waals surface area contributed by atoms with Crippen LogP contribution in [0.5, 0.6) is 0 Å². The van der Waals surface area contributed by atoms with Crippen molar-refractivity contribution in [3.05, 3.63) is 0 Å². The van der Waals surface area contributed by atoms with E-state index >= 15 is 0 Å². The fourth-order valence-corrected chi connectivity index (χ4v) is 2.35. The zero-order valence-electron chi connectivity index (χ0n) is 10.7. The monoisotopic (exact) mass is 305 g/mol. The average Bonchev–Trinajstić information content (AvgIpc) is 2.33. The molecule has 1 saturated heterocycles. The van der Waals surface area contributed by atoms with Gasteiger partial charge in [0.05, 0.1) is 6.10 Å². The van der Waals surface area contributed by atoms with Gasteiger partial charge in [-0.25, -0.2) is 0 Å². The number of rotatable bonds is 7. The van der Waals surface area contributed by atoms with Crippen LogP contribution in [0.2, 0.25) is 0 Å². The summed E-state index contributed by atoms with van der Waals surface area (Å²) in [6, 6.07) is 0. The predicted octanol–water partition coefficient (Wildman–Crippen LogP) is 3.02. The summed E-state index contributed by atoms with van der Waals surface area (Å²) in [5, 5.41) is 2.96. The molecule has 0 aromatic carbocycles. The third kappa shape index (κ3) is 7.77. The molecule has 0 aromatic rings. The molecule has 100 valence electrons. The lowest BCUT2D eigenvalue weighted by Crippen LogP contribution is -2.27. The zero-order chi connectivity index (χ0) is 12.5. The van der Waals surface area contributed by atoms with Crippen molar-refractivity contribution in [2.45, 2.75) is 62.8 Å². The van der Waals surface area contributed by atoms with Gasteiger partial charge in [0.25, 0.3) is 0 Å². The number of ether oxygens (including phenoxy) is 1. The third-order valence-corrected chi connectivity index (χ3v) is 3.53. The summed E-state index contributed by atoms with van der Waals surface area (Å²) in [6.07, 6.45) is 7.48. The summed E-state index contributed by atoms with van der Waals surface area (Å²) in [4.78, 5) is 12.1. The van der Waals surface area contributed by atoms with Crippen molar-refractivity contribution >= 4 is 21.8 Å². The second-order valence-electron chi connectivity index (χ2n) is 4.80. The lowest BCUT2D eigenvalue weighted by Gasteiger charge is -2.22. The van der Waals surface area contributed by atoms with E-state index in [1.54, 1.807) is 0 Å². The summed E-state index contributed by atoms with van der Waals surface area (Å²) in [5.41, 5.74) is 0. The Morgan fingerprint density at radius 2 is 2.35 bits per heavy atom. The number of amides is 1. The highest BCUT2D eigenvalue weighted by Crippen LogP contribution is 2.16. The number of alkyl halides is 1. The van der Waals surface area contributed by atoms with Gasteiger partial charge in [-0.3, -0.25) is 4.79 Å². The minimum absolute atomic E-state index is 0.168. The van der Waals surface area contributed by atoms with E-state index in [1.807, 2.05) is 0 Å². The van der Waals surface area contributed by atoms with Crippen LogP contribution < -0.4 is 5.32 Å². The van der Waals surface area contributed by atoms with Gasteiger partial charge in [0.1, 0.15) is 0 Å². The van der Waals surface area contributed by atoms with Crippen molar-refractivity contribution in [3.63, 3.8) is 0 Å². The summed E-state index contributed by atoms with van der Waals surface area (Å²) < 4.78 is 5.60. The van der Waals surface area contributed by atoms with Gasteiger partial charge in [-0.1, -0.05) is 22.9 Å². The van der Waals surface area contributed by atoms with Crippen LogP contribution in [0.1, 0.15) is 51.9 Å². The normalized spacial score (nSPS) is 22.1. The molecule has 0 spiro atoms. The molecule has 1 aliphatic rings. The molecule has 0 bridgehead atoms. The van der Waals surface area contributed by atoms with Gasteiger partial charge in [-0.2, -0.15) is 0 Å². The van der Waals surface area contributed by atoms with Crippen LogP contribution in [0, 0.1) is 0 Å². The quantitative estimate of drug-likeness (QED) is 0.580. The number of hydrogen-bond donors (Lipinski definition) is 1. The molecule has 0 aliphatic carbocycles. The summed E-state index contributed by atoms with van der Waals surface area (Å²) in [7, 11) is 0. The molecule has 1 fully saturated rings. The van der Waals surface area contributed by atoms with Gasteiger partial charge in [-0.15, -0.1) is 0 Å². The molecule has 1 rings (SSSR count). The first-order valence-electron chi connectivity index (χ1n) is 6.71. The molecule has 1 N–H and O–H groups in total. The molecule has 1 heterocycles.